The second-order valence-electron chi connectivity index (χ2n) is 9.81. The number of carbonyl (C=O) groups excluding carboxylic acids is 3. The van der Waals surface area contributed by atoms with E-state index >= 15 is 0 Å². The molecule has 2 aliphatic heterocycles. The van der Waals surface area contributed by atoms with E-state index in [9.17, 15) is 24.5 Å². The van der Waals surface area contributed by atoms with Gasteiger partial charge in [0.05, 0.1) is 12.0 Å². The van der Waals surface area contributed by atoms with Crippen LogP contribution in [0.25, 0.3) is 0 Å². The summed E-state index contributed by atoms with van der Waals surface area (Å²) in [5, 5.41) is 11.6. The third-order valence-corrected chi connectivity index (χ3v) is 5.95. The molecule has 0 spiro atoms. The Labute approximate surface area is 215 Å². The van der Waals surface area contributed by atoms with Crippen molar-refractivity contribution < 1.29 is 33.5 Å². The second-order valence-corrected chi connectivity index (χ2v) is 9.81. The number of nitro benzene ring substituents is 1. The fourth-order valence-corrected chi connectivity index (χ4v) is 3.94. The van der Waals surface area contributed by atoms with Gasteiger partial charge in [0, 0.05) is 33.0 Å². The minimum Gasteiger partial charge on any atom is -0.467 e. The van der Waals surface area contributed by atoms with E-state index in [2.05, 4.69) is 0 Å². The van der Waals surface area contributed by atoms with Gasteiger partial charge in [0.2, 0.25) is 11.7 Å². The number of nitro groups is 1. The molecule has 2 amide bonds. The maximum absolute atomic E-state index is 13.8. The molecule has 4 bridgehead atoms. The molecule has 2 aliphatic rings. The van der Waals surface area contributed by atoms with Crippen LogP contribution < -0.4 is 4.74 Å². The van der Waals surface area contributed by atoms with Crippen LogP contribution in [-0.2, 0) is 31.9 Å². The molecule has 0 fully saturated rings. The lowest BCUT2D eigenvalue weighted by atomic mass is 10.00. The van der Waals surface area contributed by atoms with Crippen molar-refractivity contribution in [1.82, 2.24) is 9.80 Å². The molecule has 0 saturated heterocycles. The average molecular weight is 514 g/mol. The molecule has 0 radical (unpaired) electrons. The number of carbonyl (C=O) groups is 3. The number of methoxy groups -OCH3 is 1. The normalized spacial score (nSPS) is 17.9. The first kappa shape index (κ1) is 27.4. The summed E-state index contributed by atoms with van der Waals surface area (Å²) in [4.78, 5) is 52.9. The Hall–Kier alpha value is -4.15. The number of hydrogen-bond donors (Lipinski definition) is 0. The zero-order valence-corrected chi connectivity index (χ0v) is 21.7. The zero-order valence-electron chi connectivity index (χ0n) is 21.7. The molecule has 0 saturated carbocycles. The molecule has 11 heteroatoms. The third kappa shape index (κ3) is 6.54. The van der Waals surface area contributed by atoms with Crippen molar-refractivity contribution in [2.75, 3.05) is 21.2 Å². The quantitative estimate of drug-likeness (QED) is 0.345. The summed E-state index contributed by atoms with van der Waals surface area (Å²) in [5.41, 5.74) is 0.201. The van der Waals surface area contributed by atoms with Gasteiger partial charge >= 0.3 is 17.7 Å². The van der Waals surface area contributed by atoms with E-state index in [1.807, 2.05) is 0 Å². The minimum absolute atomic E-state index is 0.00369. The number of likely N-dealkylation sites (N-methyl/N-ethyl adjacent to an activating group) is 2. The van der Waals surface area contributed by atoms with Crippen molar-refractivity contribution >= 4 is 23.7 Å². The smallest absolute Gasteiger partial charge is 0.410 e. The van der Waals surface area contributed by atoms with Gasteiger partial charge in [-0.15, -0.1) is 0 Å². The molecule has 2 atom stereocenters. The number of rotatable bonds is 3. The molecule has 198 valence electrons. The number of fused-ring (bicyclic) bond motifs is 7. The fourth-order valence-electron chi connectivity index (χ4n) is 3.94. The lowest BCUT2D eigenvalue weighted by Gasteiger charge is -2.35. The van der Waals surface area contributed by atoms with E-state index in [0.717, 1.165) is 0 Å². The first-order chi connectivity index (χ1) is 17.3. The predicted molar refractivity (Wildman–Crippen MR) is 133 cm³/mol. The first-order valence-corrected chi connectivity index (χ1v) is 11.6. The summed E-state index contributed by atoms with van der Waals surface area (Å²) in [6.45, 7) is 5.18. The van der Waals surface area contributed by atoms with E-state index in [1.165, 1.54) is 49.2 Å². The molecule has 11 nitrogen and oxygen atoms in total. The summed E-state index contributed by atoms with van der Waals surface area (Å²) < 4.78 is 16.3. The topological polar surface area (TPSA) is 129 Å². The summed E-state index contributed by atoms with van der Waals surface area (Å²) in [5.74, 6) is -0.812. The number of benzene rings is 2. The highest BCUT2D eigenvalue weighted by molar-refractivity contribution is 5.90. The summed E-state index contributed by atoms with van der Waals surface area (Å²) >= 11 is 0. The van der Waals surface area contributed by atoms with Crippen LogP contribution in [0.2, 0.25) is 0 Å². The van der Waals surface area contributed by atoms with E-state index in [4.69, 9.17) is 14.2 Å². The van der Waals surface area contributed by atoms with E-state index in [-0.39, 0.29) is 24.3 Å². The van der Waals surface area contributed by atoms with Crippen LogP contribution in [0, 0.1) is 10.1 Å². The van der Waals surface area contributed by atoms with Crippen molar-refractivity contribution in [2.24, 2.45) is 0 Å². The number of ether oxygens (including phenoxy) is 3. The number of esters is 1. The lowest BCUT2D eigenvalue weighted by Crippen LogP contribution is -2.55. The number of nitrogens with zero attached hydrogens (tertiary/aromatic N) is 3. The van der Waals surface area contributed by atoms with Gasteiger partial charge in [0.25, 0.3) is 0 Å². The van der Waals surface area contributed by atoms with Crippen LogP contribution in [0.3, 0.4) is 0 Å². The second kappa shape index (κ2) is 10.9. The monoisotopic (exact) mass is 513 g/mol. The van der Waals surface area contributed by atoms with E-state index in [1.54, 1.807) is 45.0 Å². The van der Waals surface area contributed by atoms with Gasteiger partial charge < -0.3 is 19.1 Å². The Balaban J connectivity index is 2.11. The van der Waals surface area contributed by atoms with Crippen LogP contribution >= 0.6 is 0 Å². The standard InChI is InChI=1S/C26H31N3O8/c1-26(2,3)37-25(32)28(5)20-13-16-7-10-18(11-8-16)36-22-15-17(9-12-19(22)29(33)34)14-21(24(31)35-6)27(4)23(20)30/h7-12,15,20-21H,13-14H2,1-6H3/t20-,21-/m0/s1. The van der Waals surface area contributed by atoms with E-state index < -0.39 is 40.6 Å². The Morgan fingerprint density at radius 2 is 1.73 bits per heavy atom. The molecule has 2 heterocycles. The molecule has 37 heavy (non-hydrogen) atoms. The van der Waals surface area contributed by atoms with Crippen molar-refractivity contribution in [1.29, 1.82) is 0 Å². The van der Waals surface area contributed by atoms with Crippen LogP contribution in [-0.4, -0.2) is 71.6 Å². The summed E-state index contributed by atoms with van der Waals surface area (Å²) in [6, 6.07) is 8.88. The molecule has 0 aromatic heterocycles. The third-order valence-electron chi connectivity index (χ3n) is 5.95. The molecular formula is C26H31N3O8. The van der Waals surface area contributed by atoms with Crippen molar-refractivity contribution in [2.45, 2.75) is 51.3 Å². The largest absolute Gasteiger partial charge is 0.467 e. The Morgan fingerprint density at radius 1 is 1.11 bits per heavy atom. The van der Waals surface area contributed by atoms with E-state index in [0.29, 0.717) is 16.9 Å². The maximum Gasteiger partial charge on any atom is 0.410 e. The molecule has 4 rings (SSSR count). The molecule has 2 aromatic carbocycles. The van der Waals surface area contributed by atoms with Crippen molar-refractivity contribution in [3.8, 4) is 11.5 Å². The zero-order chi connectivity index (χ0) is 27.5. The Bertz CT molecular complexity index is 1190. The number of amides is 2. The molecule has 0 N–H and O–H groups in total. The van der Waals surface area contributed by atoms with Gasteiger partial charge in [-0.3, -0.25) is 19.8 Å². The van der Waals surface area contributed by atoms with Gasteiger partial charge in [-0.1, -0.05) is 18.2 Å². The molecule has 0 aliphatic carbocycles. The SMILES string of the molecule is COC(=O)[C@@H]1Cc2ccc([N+](=O)[O-])c(c2)Oc2ccc(cc2)C[C@H](N(C)C(=O)OC(C)(C)C)C(=O)N1C. The molecule has 0 unspecified atom stereocenters. The van der Waals surface area contributed by atoms with Gasteiger partial charge in [0.15, 0.2) is 0 Å². The first-order valence-electron chi connectivity index (χ1n) is 11.6. The average Bonchev–Trinajstić information content (AvgIpc) is 2.83. The maximum atomic E-state index is 13.8. The van der Waals surface area contributed by atoms with Crippen LogP contribution in [0.15, 0.2) is 42.5 Å². The highest BCUT2D eigenvalue weighted by Crippen LogP contribution is 2.33. The van der Waals surface area contributed by atoms with Crippen LogP contribution in [0.4, 0.5) is 10.5 Å². The van der Waals surface area contributed by atoms with Crippen LogP contribution in [0.5, 0.6) is 11.5 Å². The highest BCUT2D eigenvalue weighted by atomic mass is 16.6. The van der Waals surface area contributed by atoms with Crippen LogP contribution in [0.1, 0.15) is 31.9 Å². The number of hydrogen-bond acceptors (Lipinski definition) is 8. The van der Waals surface area contributed by atoms with Gasteiger partial charge in [-0.2, -0.15) is 0 Å². The van der Waals surface area contributed by atoms with Gasteiger partial charge in [0.1, 0.15) is 23.4 Å². The Morgan fingerprint density at radius 3 is 2.30 bits per heavy atom. The summed E-state index contributed by atoms with van der Waals surface area (Å²) in [6.07, 6.45) is -0.558. The molecular weight excluding hydrogens is 482 g/mol. The van der Waals surface area contributed by atoms with Crippen molar-refractivity contribution in [3.05, 3.63) is 63.7 Å². The predicted octanol–water partition coefficient (Wildman–Crippen LogP) is 3.72. The van der Waals surface area contributed by atoms with Gasteiger partial charge in [-0.25, -0.2) is 9.59 Å². The lowest BCUT2D eigenvalue weighted by molar-refractivity contribution is -0.385. The van der Waals surface area contributed by atoms with Gasteiger partial charge in [-0.05, 0) is 50.1 Å². The fraction of sp³-hybridized carbons (Fsp3) is 0.423. The molecule has 2 aromatic rings. The minimum atomic E-state index is -1.06. The van der Waals surface area contributed by atoms with Crippen molar-refractivity contribution in [3.63, 3.8) is 0 Å². The highest BCUT2D eigenvalue weighted by Gasteiger charge is 2.37. The summed E-state index contributed by atoms with van der Waals surface area (Å²) in [7, 11) is 4.14. The Kier molecular flexibility index (Phi) is 8.05.